The van der Waals surface area contributed by atoms with Gasteiger partial charge < -0.3 is 27.0 Å². The van der Waals surface area contributed by atoms with Crippen LogP contribution < -0.4 is 27.0 Å². The van der Waals surface area contributed by atoms with E-state index in [1.165, 1.54) is 20.8 Å². The van der Waals surface area contributed by atoms with Gasteiger partial charge in [-0.15, -0.1) is 0 Å². The number of carbonyl (C=O) groups excluding carboxylic acids is 6. The molecule has 0 aliphatic rings. The maximum absolute atomic E-state index is 13.2. The molecule has 2 aromatic rings. The number of nitrogens with one attached hydrogen (secondary N) is 4. The van der Waals surface area contributed by atoms with Crippen LogP contribution in [0.5, 0.6) is 0 Å². The highest BCUT2D eigenvalue weighted by Gasteiger charge is 2.33. The Balaban J connectivity index is 2.10. The van der Waals surface area contributed by atoms with Gasteiger partial charge in [0.05, 0.1) is 12.5 Å². The third-order valence-electron chi connectivity index (χ3n) is 6.64. The first-order chi connectivity index (χ1) is 19.8. The van der Waals surface area contributed by atoms with Gasteiger partial charge in [-0.25, -0.2) is 0 Å². The van der Waals surface area contributed by atoms with Crippen molar-refractivity contribution in [1.29, 1.82) is 0 Å². The number of hydrogen-bond donors (Lipinski definition) is 5. The van der Waals surface area contributed by atoms with Crippen LogP contribution >= 0.6 is 0 Å². The van der Waals surface area contributed by atoms with E-state index in [0.29, 0.717) is 6.42 Å². The summed E-state index contributed by atoms with van der Waals surface area (Å²) < 4.78 is 0. The summed E-state index contributed by atoms with van der Waals surface area (Å²) in [6, 6.07) is 14.8. The van der Waals surface area contributed by atoms with Gasteiger partial charge in [0.1, 0.15) is 17.6 Å². The molecule has 11 nitrogen and oxygen atoms in total. The Kier molecular flexibility index (Phi) is 12.9. The van der Waals surface area contributed by atoms with E-state index in [4.69, 9.17) is 5.73 Å². The summed E-state index contributed by atoms with van der Waals surface area (Å²) in [7, 11) is 0. The molecular weight excluding hydrogens is 538 g/mol. The fraction of sp³-hybridized carbons (Fsp3) is 0.419. The number of Topliss-reactive ketones (excluding diaryl/α,β-unsaturated/α-hetero) is 1. The van der Waals surface area contributed by atoms with Crippen molar-refractivity contribution in [2.45, 2.75) is 83.5 Å². The average Bonchev–Trinajstić information content (AvgIpc) is 2.94. The van der Waals surface area contributed by atoms with Crippen molar-refractivity contribution < 1.29 is 28.8 Å². The third kappa shape index (κ3) is 10.8. The predicted octanol–water partition coefficient (Wildman–Crippen LogP) is 1.09. The molecule has 0 aromatic heterocycles. The van der Waals surface area contributed by atoms with Crippen molar-refractivity contribution in [2.24, 2.45) is 5.73 Å². The fourth-order valence-corrected chi connectivity index (χ4v) is 4.03. The zero-order valence-electron chi connectivity index (χ0n) is 24.6. The lowest BCUT2D eigenvalue weighted by Gasteiger charge is -2.26. The van der Waals surface area contributed by atoms with E-state index in [1.807, 2.05) is 55.5 Å². The summed E-state index contributed by atoms with van der Waals surface area (Å²) in [5, 5.41) is 10.2. The molecular formula is C31H41N5O6. The summed E-state index contributed by atoms with van der Waals surface area (Å²) in [4.78, 5) is 76.2. The predicted molar refractivity (Wildman–Crippen MR) is 158 cm³/mol. The van der Waals surface area contributed by atoms with E-state index in [-0.39, 0.29) is 25.2 Å². The van der Waals surface area contributed by atoms with Gasteiger partial charge in [0.25, 0.3) is 5.91 Å². The highest BCUT2D eigenvalue weighted by atomic mass is 16.2. The molecule has 5 amide bonds. The summed E-state index contributed by atoms with van der Waals surface area (Å²) in [6.07, 6.45) is 1.74. The SMILES string of the molecule is CCCC[C@H](NC(=O)C(=O)C(C)NC(=O)[C@H](Cc1ccccc1)NC(=O)Cc1ccccc1)C(=O)NC(C)(C)C(N)=O. The average molecular weight is 580 g/mol. The van der Waals surface area contributed by atoms with Crippen LogP contribution in [0.25, 0.3) is 0 Å². The number of amides is 5. The number of nitrogens with two attached hydrogens (primary N) is 1. The summed E-state index contributed by atoms with van der Waals surface area (Å²) in [6.45, 7) is 6.11. The Labute approximate surface area is 246 Å². The Morgan fingerprint density at radius 1 is 0.786 bits per heavy atom. The van der Waals surface area contributed by atoms with E-state index in [9.17, 15) is 28.8 Å². The number of benzene rings is 2. The Morgan fingerprint density at radius 3 is 1.90 bits per heavy atom. The molecule has 0 saturated carbocycles. The molecule has 3 atom stereocenters. The number of unbranched alkanes of at least 4 members (excludes halogenated alkanes) is 1. The molecule has 0 aliphatic carbocycles. The maximum atomic E-state index is 13.2. The fourth-order valence-electron chi connectivity index (χ4n) is 4.03. The molecule has 42 heavy (non-hydrogen) atoms. The molecule has 226 valence electrons. The van der Waals surface area contributed by atoms with Gasteiger partial charge in [-0.1, -0.05) is 80.4 Å². The molecule has 0 radical (unpaired) electrons. The standard InChI is InChI=1S/C31H41N5O6/c1-5-6-17-23(28(40)36-31(3,4)30(32)42)35-29(41)26(38)20(2)33-27(39)24(18-21-13-9-7-10-14-21)34-25(37)19-22-15-11-8-12-16-22/h7-16,20,23-24H,5-6,17-19H2,1-4H3,(H2,32,42)(H,33,39)(H,34,37)(H,35,41)(H,36,40)/t20?,23-,24-/m0/s1. The van der Waals surface area contributed by atoms with Crippen molar-refractivity contribution in [3.63, 3.8) is 0 Å². The van der Waals surface area contributed by atoms with Gasteiger partial charge in [-0.3, -0.25) is 28.8 Å². The zero-order valence-corrected chi connectivity index (χ0v) is 24.6. The Bertz CT molecular complexity index is 1250. The molecule has 0 heterocycles. The molecule has 0 saturated heterocycles. The number of ketones is 1. The lowest BCUT2D eigenvalue weighted by Crippen LogP contribution is -2.59. The lowest BCUT2D eigenvalue weighted by atomic mass is 10.0. The normalized spacial score (nSPS) is 13.1. The summed E-state index contributed by atoms with van der Waals surface area (Å²) >= 11 is 0. The van der Waals surface area contributed by atoms with Crippen LogP contribution in [0, 0.1) is 0 Å². The van der Waals surface area contributed by atoms with Crippen LogP contribution in [-0.4, -0.2) is 59.0 Å². The highest BCUT2D eigenvalue weighted by Crippen LogP contribution is 2.08. The van der Waals surface area contributed by atoms with E-state index < -0.39 is 53.1 Å². The quantitative estimate of drug-likeness (QED) is 0.186. The van der Waals surface area contributed by atoms with Crippen molar-refractivity contribution >= 4 is 35.3 Å². The number of hydrogen-bond acceptors (Lipinski definition) is 6. The topological polar surface area (TPSA) is 177 Å². The summed E-state index contributed by atoms with van der Waals surface area (Å²) in [5.74, 6) is -4.47. The summed E-state index contributed by atoms with van der Waals surface area (Å²) in [5.41, 5.74) is 5.53. The van der Waals surface area contributed by atoms with Gasteiger partial charge in [0.15, 0.2) is 0 Å². The number of rotatable bonds is 16. The first-order valence-corrected chi connectivity index (χ1v) is 14.0. The van der Waals surface area contributed by atoms with Crippen LogP contribution in [0.1, 0.15) is 58.1 Å². The third-order valence-corrected chi connectivity index (χ3v) is 6.64. The van der Waals surface area contributed by atoms with Crippen molar-refractivity contribution in [3.05, 3.63) is 71.8 Å². The van der Waals surface area contributed by atoms with E-state index in [0.717, 1.165) is 17.5 Å². The van der Waals surface area contributed by atoms with Gasteiger partial charge in [-0.05, 0) is 38.3 Å². The first kappa shape index (κ1) is 33.7. The minimum Gasteiger partial charge on any atom is -0.368 e. The highest BCUT2D eigenvalue weighted by molar-refractivity contribution is 6.38. The first-order valence-electron chi connectivity index (χ1n) is 14.0. The number of primary amides is 1. The second-order valence-corrected chi connectivity index (χ2v) is 10.7. The molecule has 0 fully saturated rings. The maximum Gasteiger partial charge on any atom is 0.290 e. The monoisotopic (exact) mass is 579 g/mol. The van der Waals surface area contributed by atoms with Crippen molar-refractivity contribution in [3.8, 4) is 0 Å². The zero-order chi connectivity index (χ0) is 31.3. The molecule has 0 spiro atoms. The smallest absolute Gasteiger partial charge is 0.290 e. The molecule has 6 N–H and O–H groups in total. The minimum atomic E-state index is -1.36. The van der Waals surface area contributed by atoms with Crippen LogP contribution in [0.4, 0.5) is 0 Å². The number of carbonyl (C=O) groups is 6. The molecule has 2 aromatic carbocycles. The molecule has 0 aliphatic heterocycles. The minimum absolute atomic E-state index is 0.0596. The van der Waals surface area contributed by atoms with Crippen molar-refractivity contribution in [1.82, 2.24) is 21.3 Å². The van der Waals surface area contributed by atoms with Gasteiger partial charge in [0, 0.05) is 6.42 Å². The molecule has 2 rings (SSSR count). The Morgan fingerprint density at radius 2 is 1.36 bits per heavy atom. The largest absolute Gasteiger partial charge is 0.368 e. The second kappa shape index (κ2) is 16.0. The van der Waals surface area contributed by atoms with Crippen LogP contribution in [-0.2, 0) is 41.6 Å². The second-order valence-electron chi connectivity index (χ2n) is 10.7. The Hall–Kier alpha value is -4.54. The van der Waals surface area contributed by atoms with Gasteiger partial charge in [-0.2, -0.15) is 0 Å². The van der Waals surface area contributed by atoms with E-state index >= 15 is 0 Å². The lowest BCUT2D eigenvalue weighted by molar-refractivity contribution is -0.142. The van der Waals surface area contributed by atoms with Crippen LogP contribution in [0.2, 0.25) is 0 Å². The van der Waals surface area contributed by atoms with E-state index in [1.54, 1.807) is 12.1 Å². The molecule has 11 heteroatoms. The molecule has 1 unspecified atom stereocenters. The van der Waals surface area contributed by atoms with Gasteiger partial charge in [0.2, 0.25) is 29.4 Å². The van der Waals surface area contributed by atoms with Crippen molar-refractivity contribution in [2.75, 3.05) is 0 Å². The van der Waals surface area contributed by atoms with Crippen LogP contribution in [0.3, 0.4) is 0 Å². The van der Waals surface area contributed by atoms with Crippen LogP contribution in [0.15, 0.2) is 60.7 Å². The van der Waals surface area contributed by atoms with Gasteiger partial charge >= 0.3 is 0 Å². The molecule has 0 bridgehead atoms. The van der Waals surface area contributed by atoms with E-state index in [2.05, 4.69) is 21.3 Å².